The van der Waals surface area contributed by atoms with Crippen LogP contribution in [0.2, 0.25) is 5.02 Å². The van der Waals surface area contributed by atoms with E-state index in [0.29, 0.717) is 23.6 Å². The van der Waals surface area contributed by atoms with Gasteiger partial charge in [-0.1, -0.05) is 48.0 Å². The Balaban J connectivity index is 1.78. The number of halogens is 4. The second-order valence-electron chi connectivity index (χ2n) is 7.64. The highest BCUT2D eigenvalue weighted by atomic mass is 35.5. The maximum Gasteiger partial charge on any atom is 0.416 e. The number of hydrogen-bond donors (Lipinski definition) is 0. The largest absolute Gasteiger partial charge is 0.496 e. The molecule has 0 radical (unpaired) electrons. The second-order valence-corrected chi connectivity index (χ2v) is 8.04. The van der Waals surface area contributed by atoms with Crippen LogP contribution in [0.1, 0.15) is 29.2 Å². The van der Waals surface area contributed by atoms with Crippen LogP contribution >= 0.6 is 11.6 Å². The topological polar surface area (TPSA) is 34.1 Å². The number of benzene rings is 3. The molecule has 0 amide bonds. The monoisotopic (exact) mass is 486 g/mol. The number of allylic oxidation sites excluding steroid dienone is 1. The molecule has 176 valence electrons. The lowest BCUT2D eigenvalue weighted by atomic mass is 9.99. The Labute approximate surface area is 200 Å². The molecule has 0 saturated heterocycles. The van der Waals surface area contributed by atoms with Crippen molar-refractivity contribution in [3.63, 3.8) is 0 Å². The van der Waals surface area contributed by atoms with Crippen LogP contribution in [0.15, 0.2) is 77.9 Å². The van der Waals surface area contributed by atoms with Gasteiger partial charge >= 0.3 is 6.18 Å². The van der Waals surface area contributed by atoms with E-state index in [0.717, 1.165) is 23.3 Å². The van der Waals surface area contributed by atoms with Crippen molar-refractivity contribution in [1.29, 1.82) is 0 Å². The molecule has 0 saturated carbocycles. The summed E-state index contributed by atoms with van der Waals surface area (Å²) in [7, 11) is 3.15. The van der Waals surface area contributed by atoms with Gasteiger partial charge in [-0.2, -0.15) is 18.3 Å². The predicted octanol–water partition coefficient (Wildman–Crippen LogP) is 7.40. The minimum absolute atomic E-state index is 0.173. The lowest BCUT2D eigenvalue weighted by molar-refractivity contribution is -0.137. The first-order valence-electron chi connectivity index (χ1n) is 10.5. The summed E-state index contributed by atoms with van der Waals surface area (Å²) in [6.07, 6.45) is -0.357. The van der Waals surface area contributed by atoms with Gasteiger partial charge in [0.25, 0.3) is 0 Å². The third-order valence-corrected chi connectivity index (χ3v) is 5.87. The zero-order chi connectivity index (χ0) is 24.3. The minimum Gasteiger partial charge on any atom is -0.496 e. The highest BCUT2D eigenvalue weighted by Gasteiger charge is 2.35. The Hall–Kier alpha value is -3.45. The van der Waals surface area contributed by atoms with Gasteiger partial charge in [-0.15, -0.1) is 0 Å². The molecule has 1 aliphatic heterocycles. The van der Waals surface area contributed by atoms with Crippen LogP contribution in [0.4, 0.5) is 18.9 Å². The summed E-state index contributed by atoms with van der Waals surface area (Å²) in [5.74, 6) is 1.32. The van der Waals surface area contributed by atoms with E-state index in [1.165, 1.54) is 11.1 Å². The van der Waals surface area contributed by atoms with Gasteiger partial charge in [0.05, 0.1) is 42.2 Å². The van der Waals surface area contributed by atoms with Gasteiger partial charge in [0, 0.05) is 17.5 Å². The van der Waals surface area contributed by atoms with E-state index in [1.54, 1.807) is 14.2 Å². The van der Waals surface area contributed by atoms with Crippen molar-refractivity contribution in [1.82, 2.24) is 0 Å². The molecule has 3 aromatic carbocycles. The van der Waals surface area contributed by atoms with E-state index in [2.05, 4.69) is 5.10 Å². The predicted molar refractivity (Wildman–Crippen MR) is 129 cm³/mol. The number of alkyl halides is 3. The molecule has 8 heteroatoms. The zero-order valence-electron chi connectivity index (χ0n) is 18.5. The van der Waals surface area contributed by atoms with Gasteiger partial charge in [0.1, 0.15) is 11.5 Å². The van der Waals surface area contributed by atoms with Gasteiger partial charge in [-0.05, 0) is 42.5 Å². The number of nitrogens with zero attached hydrogens (tertiary/aromatic N) is 2. The van der Waals surface area contributed by atoms with Crippen LogP contribution in [0.3, 0.4) is 0 Å². The van der Waals surface area contributed by atoms with Crippen molar-refractivity contribution in [3.8, 4) is 11.5 Å². The molecule has 0 aliphatic carbocycles. The van der Waals surface area contributed by atoms with Gasteiger partial charge in [0.2, 0.25) is 0 Å². The van der Waals surface area contributed by atoms with Crippen LogP contribution in [-0.4, -0.2) is 19.9 Å². The summed E-state index contributed by atoms with van der Waals surface area (Å²) >= 11 is 6.37. The molecular weight excluding hydrogens is 465 g/mol. The van der Waals surface area contributed by atoms with Crippen molar-refractivity contribution < 1.29 is 22.6 Å². The summed E-state index contributed by atoms with van der Waals surface area (Å²) < 4.78 is 51.2. The first kappa shape index (κ1) is 23.7. The van der Waals surface area contributed by atoms with Crippen LogP contribution < -0.4 is 14.5 Å². The molecule has 4 nitrogen and oxygen atoms in total. The van der Waals surface area contributed by atoms with Gasteiger partial charge in [-0.3, -0.25) is 5.01 Å². The molecular formula is C26H22ClF3N2O2. The Morgan fingerprint density at radius 2 is 1.62 bits per heavy atom. The molecule has 34 heavy (non-hydrogen) atoms. The molecule has 0 fully saturated rings. The fourth-order valence-corrected chi connectivity index (χ4v) is 4.10. The molecule has 4 rings (SSSR count). The average Bonchev–Trinajstić information content (AvgIpc) is 3.26. The third-order valence-electron chi connectivity index (χ3n) is 5.55. The lowest BCUT2D eigenvalue weighted by Gasteiger charge is -2.26. The minimum atomic E-state index is -4.50. The number of hydrogen-bond acceptors (Lipinski definition) is 4. The van der Waals surface area contributed by atoms with Gasteiger partial charge in [0.15, 0.2) is 0 Å². The zero-order valence-corrected chi connectivity index (χ0v) is 19.3. The molecule has 0 N–H and O–H groups in total. The highest BCUT2D eigenvalue weighted by Crippen LogP contribution is 2.43. The number of ether oxygens (including phenoxy) is 2. The maximum atomic E-state index is 13.4. The summed E-state index contributed by atoms with van der Waals surface area (Å²) in [5, 5.41) is 6.37. The summed E-state index contributed by atoms with van der Waals surface area (Å²) in [6, 6.07) is 17.7. The Kier molecular flexibility index (Phi) is 6.84. The second kappa shape index (κ2) is 9.81. The maximum absolute atomic E-state index is 13.4. The number of para-hydroxylation sites is 2. The summed E-state index contributed by atoms with van der Waals surface area (Å²) in [4.78, 5) is 0. The molecule has 1 atom stereocenters. The first-order chi connectivity index (χ1) is 16.3. The molecule has 1 aliphatic rings. The Bertz CT molecular complexity index is 1240. The van der Waals surface area contributed by atoms with Crippen LogP contribution in [0, 0.1) is 0 Å². The van der Waals surface area contributed by atoms with Crippen LogP contribution in [0.25, 0.3) is 6.08 Å². The van der Waals surface area contributed by atoms with Crippen molar-refractivity contribution >= 4 is 29.1 Å². The SMILES string of the molecule is COc1ccccc1/C=C\C1=NN(c2cc(C(F)(F)F)ccc2Cl)[C@@H](c2ccccc2OC)C1. The Morgan fingerprint density at radius 3 is 2.32 bits per heavy atom. The van der Waals surface area contributed by atoms with E-state index in [4.69, 9.17) is 21.1 Å². The number of hydrazone groups is 1. The fourth-order valence-electron chi connectivity index (χ4n) is 3.89. The first-order valence-corrected chi connectivity index (χ1v) is 10.9. The van der Waals surface area contributed by atoms with E-state index < -0.39 is 17.8 Å². The van der Waals surface area contributed by atoms with Crippen molar-refractivity contribution in [2.24, 2.45) is 5.10 Å². The Morgan fingerprint density at radius 1 is 0.941 bits per heavy atom. The average molecular weight is 487 g/mol. The van der Waals surface area contributed by atoms with E-state index in [-0.39, 0.29) is 10.7 Å². The number of rotatable bonds is 6. The van der Waals surface area contributed by atoms with Gasteiger partial charge < -0.3 is 9.47 Å². The standard InChI is InChI=1S/C26H22ClF3N2O2/c1-33-24-9-5-3-7-17(24)11-13-19-16-22(20-8-4-6-10-25(20)34-2)32(31-19)23-15-18(26(28,29)30)12-14-21(23)27/h3-15,22H,16H2,1-2H3/b13-11-/t22-/m1/s1. The molecule has 1 heterocycles. The fraction of sp³-hybridized carbons (Fsp3) is 0.192. The van der Waals surface area contributed by atoms with E-state index in [9.17, 15) is 13.2 Å². The van der Waals surface area contributed by atoms with E-state index in [1.807, 2.05) is 60.7 Å². The quantitative estimate of drug-likeness (QED) is 0.364. The normalized spacial score (nSPS) is 16.1. The molecule has 0 unspecified atom stereocenters. The van der Waals surface area contributed by atoms with Gasteiger partial charge in [-0.25, -0.2) is 0 Å². The van der Waals surface area contributed by atoms with Crippen molar-refractivity contribution in [2.45, 2.75) is 18.6 Å². The molecule has 0 bridgehead atoms. The number of methoxy groups -OCH3 is 2. The molecule has 0 spiro atoms. The van der Waals surface area contributed by atoms with Crippen molar-refractivity contribution in [3.05, 3.63) is 94.5 Å². The molecule has 0 aromatic heterocycles. The third kappa shape index (κ3) is 4.89. The summed E-state index contributed by atoms with van der Waals surface area (Å²) in [5.41, 5.74) is 1.71. The smallest absolute Gasteiger partial charge is 0.416 e. The van der Waals surface area contributed by atoms with Crippen LogP contribution in [0.5, 0.6) is 11.5 Å². The number of anilines is 1. The van der Waals surface area contributed by atoms with E-state index >= 15 is 0 Å². The summed E-state index contributed by atoms with van der Waals surface area (Å²) in [6.45, 7) is 0. The van der Waals surface area contributed by atoms with Crippen molar-refractivity contribution in [2.75, 3.05) is 19.2 Å². The highest BCUT2D eigenvalue weighted by molar-refractivity contribution is 6.33. The lowest BCUT2D eigenvalue weighted by Crippen LogP contribution is -2.20. The molecule has 3 aromatic rings. The van der Waals surface area contributed by atoms with Crippen LogP contribution in [-0.2, 0) is 6.18 Å².